The summed E-state index contributed by atoms with van der Waals surface area (Å²) in [5, 5.41) is 2.87. The van der Waals surface area contributed by atoms with Crippen molar-refractivity contribution in [3.05, 3.63) is 0 Å². The van der Waals surface area contributed by atoms with Crippen LogP contribution in [-0.2, 0) is 14.0 Å². The second-order valence-corrected chi connectivity index (χ2v) is 3.27. The van der Waals surface area contributed by atoms with Crippen LogP contribution in [0.15, 0.2) is 0 Å². The summed E-state index contributed by atoms with van der Waals surface area (Å²) < 4.78 is 27.9. The van der Waals surface area contributed by atoms with Crippen molar-refractivity contribution in [2.24, 2.45) is 0 Å². The third-order valence-electron chi connectivity index (χ3n) is 0.901. The smallest absolute Gasteiger partial charge is 0.443 e. The Bertz CT molecular complexity index is 218. The number of nitrogens with one attached hydrogen (secondary N) is 1. The molecule has 9 heteroatoms. The molecule has 0 fully saturated rings. The van der Waals surface area contributed by atoms with E-state index in [1.165, 1.54) is 0 Å². The van der Waals surface area contributed by atoms with E-state index in [4.69, 9.17) is 19.1 Å². The lowest BCUT2D eigenvalue weighted by atomic mass is 10.9. The van der Waals surface area contributed by atoms with Crippen molar-refractivity contribution >= 4 is 13.8 Å². The van der Waals surface area contributed by atoms with Gasteiger partial charge in [0, 0.05) is 0 Å². The first-order valence-electron chi connectivity index (χ1n) is 3.38. The molecule has 86 valence electrons. The highest BCUT2D eigenvalue weighted by Gasteiger charge is 1.99. The third-order valence-corrected chi connectivity index (χ3v) is 1.08. The van der Waals surface area contributed by atoms with E-state index in [0.29, 0.717) is 0 Å². The predicted octanol–water partition coefficient (Wildman–Crippen LogP) is -1.17. The number of halogens is 1. The Balaban J connectivity index is 0. The van der Waals surface area contributed by atoms with E-state index < -0.39 is 7.82 Å². The topological polar surface area (TPSA) is 93.9 Å². The number of hydrogen-bond donors (Lipinski definition) is 2. The summed E-state index contributed by atoms with van der Waals surface area (Å²) in [5.41, 5.74) is 0. The van der Waals surface area contributed by atoms with E-state index in [9.17, 15) is 4.53 Å². The molecule has 7 nitrogen and oxygen atoms in total. The van der Waals surface area contributed by atoms with Gasteiger partial charge in [-0.15, -0.1) is 4.73 Å². The molecule has 0 bridgehead atoms. The van der Waals surface area contributed by atoms with Crippen molar-refractivity contribution in [2.45, 2.75) is 0 Å². The van der Waals surface area contributed by atoms with E-state index in [1.807, 2.05) is 30.4 Å². The molecule has 0 saturated heterocycles. The molecule has 1 atom stereocenters. The maximum absolute atomic E-state index is 10.2. The van der Waals surface area contributed by atoms with Gasteiger partial charge in [0.05, 0.1) is 28.3 Å². The third kappa shape index (κ3) is 11.3. The van der Waals surface area contributed by atoms with E-state index in [0.717, 1.165) is 6.02 Å². The summed E-state index contributed by atoms with van der Waals surface area (Å²) >= 11 is 0. The minimum Gasteiger partial charge on any atom is -0.754 e. The number of ether oxygens (including phenoxy) is 1. The van der Waals surface area contributed by atoms with Crippen LogP contribution in [0, 0.1) is 0 Å². The zero-order chi connectivity index (χ0) is 11.8. The molecule has 1 unspecified atom stereocenters. The summed E-state index contributed by atoms with van der Waals surface area (Å²) in [7, 11) is 2.21. The van der Waals surface area contributed by atoms with Gasteiger partial charge in [-0.25, -0.2) is 9.89 Å². The zero-order valence-electron chi connectivity index (χ0n) is 8.35. The average Bonchev–Trinajstić information content (AvgIpc) is 2.06. The number of amidine groups is 1. The van der Waals surface area contributed by atoms with Crippen LogP contribution in [0.1, 0.15) is 0 Å². The molecule has 0 saturated carbocycles. The van der Waals surface area contributed by atoms with Crippen LogP contribution in [0.2, 0.25) is 0 Å². The fraction of sp³-hybridized carbons (Fsp3) is 0.800. The van der Waals surface area contributed by atoms with Crippen LogP contribution in [-0.4, -0.2) is 43.7 Å². The van der Waals surface area contributed by atoms with Gasteiger partial charge >= 0.3 is 13.8 Å². The van der Waals surface area contributed by atoms with Gasteiger partial charge in [-0.05, 0) is 4.53 Å². The van der Waals surface area contributed by atoms with Crippen LogP contribution in [0.3, 0.4) is 0 Å². The average molecular weight is 232 g/mol. The van der Waals surface area contributed by atoms with Crippen LogP contribution in [0.5, 0.6) is 0 Å². The van der Waals surface area contributed by atoms with Gasteiger partial charge in [-0.1, -0.05) is 0 Å². The second-order valence-electron chi connectivity index (χ2n) is 2.19. The highest BCUT2D eigenvalue weighted by atomic mass is 31.2. The quantitative estimate of drug-likeness (QED) is 0.256. The zero-order valence-corrected chi connectivity index (χ0v) is 9.25. The van der Waals surface area contributed by atoms with Crippen LogP contribution in [0.4, 0.5) is 4.53 Å². The summed E-state index contributed by atoms with van der Waals surface area (Å²) in [6, 6.07) is 0.769. The molecule has 0 aromatic rings. The normalized spacial score (nSPS) is 13.1. The molecule has 0 heterocycles. The Morgan fingerprint density at radius 2 is 2.00 bits per heavy atom. The Morgan fingerprint density at radius 1 is 1.64 bits per heavy atom. The van der Waals surface area contributed by atoms with Crippen molar-refractivity contribution in [1.29, 1.82) is 0 Å². The van der Waals surface area contributed by atoms with Crippen molar-refractivity contribution < 1.29 is 32.9 Å². The number of hydrogen-bond acceptors (Lipinski definition) is 4. The lowest BCUT2D eigenvalue weighted by Crippen LogP contribution is -2.28. The molecule has 0 spiro atoms. The standard InChI is InChI=1S/C5H12N2O.FH2O4P/c1-6-5(8-4)7(2)3;1-5-6(2,3)4/h1-4H3;(H2,2,3,4). The highest BCUT2D eigenvalue weighted by molar-refractivity contribution is 7.44. The Morgan fingerprint density at radius 3 is 2.00 bits per heavy atom. The molecule has 0 aliphatic heterocycles. The van der Waals surface area contributed by atoms with Gasteiger partial charge in [-0.2, -0.15) is 0 Å². The minimum absolute atomic E-state index is 0.769. The molecule has 0 radical (unpaired) electrons. The molecule has 2 N–H and O–H groups in total. The molecular weight excluding hydrogens is 218 g/mol. The van der Waals surface area contributed by atoms with Gasteiger partial charge in [0.2, 0.25) is 0 Å². The Hall–Kier alpha value is -0.690. The molecular formula is C5H14FN2O5P. The second kappa shape index (κ2) is 7.69. The Kier molecular flexibility index (Phi) is 8.66. The van der Waals surface area contributed by atoms with E-state index in [-0.39, 0.29) is 0 Å². The monoisotopic (exact) mass is 232 g/mol. The molecule has 0 aromatic heterocycles. The molecule has 0 amide bonds. The van der Waals surface area contributed by atoms with Gasteiger partial charge in [0.15, 0.2) is 0 Å². The largest absolute Gasteiger partial charge is 0.754 e. The van der Waals surface area contributed by atoms with E-state index in [2.05, 4.69) is 5.32 Å². The predicted molar refractivity (Wildman–Crippen MR) is 45.2 cm³/mol. The van der Waals surface area contributed by atoms with Crippen molar-refractivity contribution in [2.75, 3.05) is 28.3 Å². The van der Waals surface area contributed by atoms with Crippen molar-refractivity contribution in [3.8, 4) is 0 Å². The summed E-state index contributed by atoms with van der Waals surface area (Å²) in [4.78, 5) is 16.2. The molecule has 0 aliphatic carbocycles. The lowest BCUT2D eigenvalue weighted by Gasteiger charge is -2.04. The van der Waals surface area contributed by atoms with E-state index in [1.54, 1.807) is 7.11 Å². The fourth-order valence-corrected chi connectivity index (χ4v) is 0.508. The summed E-state index contributed by atoms with van der Waals surface area (Å²) in [5.74, 6) is 0. The van der Waals surface area contributed by atoms with E-state index >= 15 is 0 Å². The van der Waals surface area contributed by atoms with Gasteiger partial charge in [0.25, 0.3) is 0 Å². The fourth-order valence-electron chi connectivity index (χ4n) is 0.508. The molecule has 0 aliphatic rings. The minimum atomic E-state index is -5.06. The van der Waals surface area contributed by atoms with Crippen LogP contribution < -0.4 is 10.2 Å². The van der Waals surface area contributed by atoms with Crippen LogP contribution >= 0.6 is 7.82 Å². The SMILES string of the molecule is CNC(OC)=[N+](C)C.O=P([O-])(O)OF. The number of rotatable bonds is 1. The Labute approximate surface area is 81.3 Å². The van der Waals surface area contributed by atoms with Crippen molar-refractivity contribution in [3.63, 3.8) is 0 Å². The van der Waals surface area contributed by atoms with Gasteiger partial charge in [-0.3, -0.25) is 4.57 Å². The van der Waals surface area contributed by atoms with Gasteiger partial charge in [0.1, 0.15) is 0 Å². The molecule has 14 heavy (non-hydrogen) atoms. The first kappa shape index (κ1) is 15.8. The first-order chi connectivity index (χ1) is 6.28. The molecule has 0 rings (SSSR count). The number of phosphoric acid groups is 1. The first-order valence-corrected chi connectivity index (χ1v) is 4.88. The maximum Gasteiger partial charge on any atom is 0.443 e. The number of methoxy groups -OCH3 is 1. The molecule has 0 aromatic carbocycles. The van der Waals surface area contributed by atoms with Gasteiger partial charge < -0.3 is 14.5 Å². The maximum atomic E-state index is 10.2. The van der Waals surface area contributed by atoms with Crippen LogP contribution in [0.25, 0.3) is 0 Å². The lowest BCUT2D eigenvalue weighted by molar-refractivity contribution is -0.476. The summed E-state index contributed by atoms with van der Waals surface area (Å²) in [6.07, 6.45) is 0. The highest BCUT2D eigenvalue weighted by Crippen LogP contribution is 2.29. The van der Waals surface area contributed by atoms with Crippen molar-refractivity contribution in [1.82, 2.24) is 5.32 Å². The summed E-state index contributed by atoms with van der Waals surface area (Å²) in [6.45, 7) is 0. The number of nitrogens with zero attached hydrogens (tertiary/aromatic N) is 1.